The summed E-state index contributed by atoms with van der Waals surface area (Å²) in [5.41, 5.74) is 6.26. The number of rotatable bonds is 3. The third-order valence-corrected chi connectivity index (χ3v) is 5.02. The van der Waals surface area contributed by atoms with E-state index in [1.54, 1.807) is 0 Å². The van der Waals surface area contributed by atoms with Gasteiger partial charge in [0.15, 0.2) is 5.78 Å². The van der Waals surface area contributed by atoms with E-state index in [1.807, 2.05) is 35.2 Å². The second kappa shape index (κ2) is 8.10. The number of nitrogens with zero attached hydrogens (tertiary/aromatic N) is 1. The number of nitrogens with two attached hydrogens (primary N) is 1. The minimum atomic E-state index is -0.783. The zero-order valence-electron chi connectivity index (χ0n) is 13.8. The second-order valence-corrected chi connectivity index (χ2v) is 6.57. The summed E-state index contributed by atoms with van der Waals surface area (Å²) in [6.07, 6.45) is 2.58. The standard InChI is InChI=1S/C18H24N2O3.ClH/c19-18(8-12-23-13-9-18)17(22)20-10-6-15(7-11-20)16(21)14-4-2-1-3-5-14;/h1-5,15H,6-13,19H2;1H. The molecule has 0 unspecified atom stereocenters. The molecule has 0 bridgehead atoms. The molecule has 0 aliphatic carbocycles. The summed E-state index contributed by atoms with van der Waals surface area (Å²) in [6.45, 7) is 2.32. The molecule has 1 amide bonds. The highest BCUT2D eigenvalue weighted by Gasteiger charge is 2.40. The Morgan fingerprint density at radius 2 is 1.67 bits per heavy atom. The quantitative estimate of drug-likeness (QED) is 0.845. The Balaban J connectivity index is 0.00000208. The van der Waals surface area contributed by atoms with Gasteiger partial charge >= 0.3 is 0 Å². The van der Waals surface area contributed by atoms with E-state index in [0.717, 1.165) is 5.56 Å². The lowest BCUT2D eigenvalue weighted by Crippen LogP contribution is -2.59. The number of piperidine rings is 1. The third kappa shape index (κ3) is 3.97. The molecular weight excluding hydrogens is 328 g/mol. The van der Waals surface area contributed by atoms with Gasteiger partial charge in [0, 0.05) is 37.8 Å². The first-order valence-corrected chi connectivity index (χ1v) is 8.35. The van der Waals surface area contributed by atoms with Gasteiger partial charge in [-0.3, -0.25) is 9.59 Å². The van der Waals surface area contributed by atoms with Gasteiger partial charge in [-0.1, -0.05) is 30.3 Å². The number of halogens is 1. The van der Waals surface area contributed by atoms with Crippen molar-refractivity contribution in [3.05, 3.63) is 35.9 Å². The molecule has 2 saturated heterocycles. The van der Waals surface area contributed by atoms with Crippen LogP contribution >= 0.6 is 12.4 Å². The molecule has 1 aromatic rings. The van der Waals surface area contributed by atoms with Crippen molar-refractivity contribution >= 4 is 24.1 Å². The first-order valence-electron chi connectivity index (χ1n) is 8.35. The fourth-order valence-corrected chi connectivity index (χ4v) is 3.45. The Bertz CT molecular complexity index is 565. The topological polar surface area (TPSA) is 72.6 Å². The van der Waals surface area contributed by atoms with Crippen LogP contribution in [-0.4, -0.2) is 48.4 Å². The average molecular weight is 353 g/mol. The van der Waals surface area contributed by atoms with Gasteiger partial charge in [-0.15, -0.1) is 12.4 Å². The van der Waals surface area contributed by atoms with E-state index in [9.17, 15) is 9.59 Å². The van der Waals surface area contributed by atoms with Gasteiger partial charge in [0.25, 0.3) is 0 Å². The number of ketones is 1. The van der Waals surface area contributed by atoms with Gasteiger partial charge in [0.1, 0.15) is 0 Å². The highest BCUT2D eigenvalue weighted by atomic mass is 35.5. The monoisotopic (exact) mass is 352 g/mol. The van der Waals surface area contributed by atoms with Gasteiger partial charge in [-0.2, -0.15) is 0 Å². The Labute approximate surface area is 148 Å². The zero-order chi connectivity index (χ0) is 16.3. The molecule has 24 heavy (non-hydrogen) atoms. The molecular formula is C18H25ClN2O3. The van der Waals surface area contributed by atoms with E-state index in [2.05, 4.69) is 0 Å². The summed E-state index contributed by atoms with van der Waals surface area (Å²) in [5, 5.41) is 0. The summed E-state index contributed by atoms with van der Waals surface area (Å²) in [6, 6.07) is 9.39. The molecule has 1 aromatic carbocycles. The highest BCUT2D eigenvalue weighted by molar-refractivity contribution is 5.98. The van der Waals surface area contributed by atoms with E-state index in [-0.39, 0.29) is 30.0 Å². The van der Waals surface area contributed by atoms with Crippen molar-refractivity contribution in [2.75, 3.05) is 26.3 Å². The molecule has 0 atom stereocenters. The zero-order valence-corrected chi connectivity index (χ0v) is 14.6. The van der Waals surface area contributed by atoms with Crippen molar-refractivity contribution in [2.24, 2.45) is 11.7 Å². The Morgan fingerprint density at radius 3 is 2.25 bits per heavy atom. The van der Waals surface area contributed by atoms with Crippen molar-refractivity contribution in [3.63, 3.8) is 0 Å². The van der Waals surface area contributed by atoms with E-state index in [1.165, 1.54) is 0 Å². The number of hydrogen-bond donors (Lipinski definition) is 1. The van der Waals surface area contributed by atoms with E-state index in [4.69, 9.17) is 10.5 Å². The number of likely N-dealkylation sites (tertiary alicyclic amines) is 1. The molecule has 2 heterocycles. The molecule has 0 spiro atoms. The minimum Gasteiger partial charge on any atom is -0.381 e. The average Bonchev–Trinajstić information content (AvgIpc) is 2.62. The van der Waals surface area contributed by atoms with E-state index >= 15 is 0 Å². The van der Waals surface area contributed by atoms with E-state index < -0.39 is 5.54 Å². The summed E-state index contributed by atoms with van der Waals surface area (Å²) in [5.74, 6) is 0.211. The van der Waals surface area contributed by atoms with Crippen LogP contribution in [0.25, 0.3) is 0 Å². The van der Waals surface area contributed by atoms with Gasteiger partial charge < -0.3 is 15.4 Å². The maximum atomic E-state index is 12.7. The molecule has 6 heteroatoms. The first-order chi connectivity index (χ1) is 11.1. The SMILES string of the molecule is Cl.NC1(C(=O)N2CCC(C(=O)c3ccccc3)CC2)CCOCC1. The first kappa shape index (κ1) is 18.9. The Morgan fingerprint density at radius 1 is 1.08 bits per heavy atom. The number of carbonyl (C=O) groups is 2. The number of hydrogen-bond acceptors (Lipinski definition) is 4. The number of benzene rings is 1. The van der Waals surface area contributed by atoms with Gasteiger partial charge in [0.05, 0.1) is 5.54 Å². The van der Waals surface area contributed by atoms with Crippen molar-refractivity contribution in [3.8, 4) is 0 Å². The lowest BCUT2D eigenvalue weighted by atomic mass is 9.86. The van der Waals surface area contributed by atoms with E-state index in [0.29, 0.717) is 52.0 Å². The fourth-order valence-electron chi connectivity index (χ4n) is 3.45. The van der Waals surface area contributed by atoms with Crippen LogP contribution in [-0.2, 0) is 9.53 Å². The van der Waals surface area contributed by atoms with Crippen LogP contribution in [0.1, 0.15) is 36.0 Å². The molecule has 3 rings (SSSR count). The van der Waals surface area contributed by atoms with Crippen LogP contribution in [0.3, 0.4) is 0 Å². The number of amides is 1. The van der Waals surface area contributed by atoms with Crippen molar-refractivity contribution in [1.82, 2.24) is 4.90 Å². The van der Waals surface area contributed by atoms with Gasteiger partial charge in [-0.25, -0.2) is 0 Å². The van der Waals surface area contributed by atoms with Crippen LogP contribution in [0.5, 0.6) is 0 Å². The lowest BCUT2D eigenvalue weighted by molar-refractivity contribution is -0.141. The fraction of sp³-hybridized carbons (Fsp3) is 0.556. The summed E-state index contributed by atoms with van der Waals surface area (Å²) in [4.78, 5) is 27.0. The second-order valence-electron chi connectivity index (χ2n) is 6.57. The van der Waals surface area contributed by atoms with Gasteiger partial charge in [0.2, 0.25) is 5.91 Å². The molecule has 2 aliphatic rings. The molecule has 0 radical (unpaired) electrons. The van der Waals surface area contributed by atoms with Gasteiger partial charge in [-0.05, 0) is 25.7 Å². The van der Waals surface area contributed by atoms with Crippen LogP contribution in [0, 0.1) is 5.92 Å². The smallest absolute Gasteiger partial charge is 0.242 e. The van der Waals surface area contributed by atoms with Crippen LogP contribution in [0.15, 0.2) is 30.3 Å². The largest absolute Gasteiger partial charge is 0.381 e. The van der Waals surface area contributed by atoms with Crippen molar-refractivity contribution in [2.45, 2.75) is 31.2 Å². The maximum absolute atomic E-state index is 12.7. The van der Waals surface area contributed by atoms with Crippen molar-refractivity contribution < 1.29 is 14.3 Å². The highest BCUT2D eigenvalue weighted by Crippen LogP contribution is 2.26. The minimum absolute atomic E-state index is 0. The number of ether oxygens (including phenoxy) is 1. The molecule has 0 aromatic heterocycles. The summed E-state index contributed by atoms with van der Waals surface area (Å²) < 4.78 is 5.30. The Kier molecular flexibility index (Phi) is 6.38. The molecule has 2 aliphatic heterocycles. The molecule has 2 fully saturated rings. The summed E-state index contributed by atoms with van der Waals surface area (Å²) >= 11 is 0. The molecule has 5 nitrogen and oxygen atoms in total. The maximum Gasteiger partial charge on any atom is 0.242 e. The normalized spacial score (nSPS) is 21.0. The lowest BCUT2D eigenvalue weighted by Gasteiger charge is -2.39. The summed E-state index contributed by atoms with van der Waals surface area (Å²) in [7, 11) is 0. The molecule has 2 N–H and O–H groups in total. The van der Waals surface area contributed by atoms with Crippen LogP contribution in [0.4, 0.5) is 0 Å². The predicted molar refractivity (Wildman–Crippen MR) is 94.3 cm³/mol. The number of carbonyl (C=O) groups excluding carboxylic acids is 2. The predicted octanol–water partition coefficient (Wildman–Crippen LogP) is 2.04. The molecule has 132 valence electrons. The Hall–Kier alpha value is -1.43. The number of Topliss-reactive ketones (excluding diaryl/α,β-unsaturated/α-hetero) is 1. The molecule has 0 saturated carbocycles. The third-order valence-electron chi connectivity index (χ3n) is 5.02. The van der Waals surface area contributed by atoms with Crippen LogP contribution < -0.4 is 5.73 Å². The van der Waals surface area contributed by atoms with Crippen molar-refractivity contribution in [1.29, 1.82) is 0 Å². The van der Waals surface area contributed by atoms with Crippen LogP contribution in [0.2, 0.25) is 0 Å².